The van der Waals surface area contributed by atoms with Crippen molar-refractivity contribution < 1.29 is 4.74 Å². The Kier molecular flexibility index (Phi) is 3.73. The highest BCUT2D eigenvalue weighted by atomic mass is 16.5. The molecule has 0 fully saturated rings. The Hall–Kier alpha value is -3.94. The van der Waals surface area contributed by atoms with Gasteiger partial charge in [-0.25, -0.2) is 4.79 Å². The summed E-state index contributed by atoms with van der Waals surface area (Å²) in [5.41, 5.74) is 5.63. The van der Waals surface area contributed by atoms with Crippen molar-refractivity contribution in [3.05, 3.63) is 65.2 Å². The minimum Gasteiger partial charge on any atom is -0.496 e. The molecule has 0 radical (unpaired) electrons. The van der Waals surface area contributed by atoms with E-state index in [1.165, 1.54) is 0 Å². The lowest BCUT2D eigenvalue weighted by Crippen LogP contribution is -2.21. The van der Waals surface area contributed by atoms with Crippen molar-refractivity contribution in [2.24, 2.45) is 7.05 Å². The van der Waals surface area contributed by atoms with Crippen molar-refractivity contribution >= 4 is 21.9 Å². The van der Waals surface area contributed by atoms with E-state index in [9.17, 15) is 4.79 Å². The molecule has 0 aliphatic rings. The SMILES string of the molecule is COc1cc2ncc3c(c2cc1-c1cn[nH]c1)n(-c1ccncc1C)c(=O)n3C. The van der Waals surface area contributed by atoms with E-state index in [2.05, 4.69) is 20.2 Å². The smallest absolute Gasteiger partial charge is 0.333 e. The van der Waals surface area contributed by atoms with Crippen molar-refractivity contribution in [1.82, 2.24) is 29.3 Å². The normalized spacial score (nSPS) is 11.4. The number of pyridine rings is 2. The zero-order chi connectivity index (χ0) is 20.1. The molecule has 0 saturated carbocycles. The summed E-state index contributed by atoms with van der Waals surface area (Å²) < 4.78 is 8.93. The van der Waals surface area contributed by atoms with Gasteiger partial charge in [0.15, 0.2) is 0 Å². The van der Waals surface area contributed by atoms with Crippen molar-refractivity contribution in [2.75, 3.05) is 7.11 Å². The van der Waals surface area contributed by atoms with Crippen LogP contribution in [-0.2, 0) is 7.05 Å². The number of hydrogen-bond acceptors (Lipinski definition) is 5. The van der Waals surface area contributed by atoms with Gasteiger partial charge in [0.25, 0.3) is 0 Å². The zero-order valence-corrected chi connectivity index (χ0v) is 16.2. The molecule has 29 heavy (non-hydrogen) atoms. The van der Waals surface area contributed by atoms with Crippen LogP contribution in [0, 0.1) is 6.92 Å². The predicted octanol–water partition coefficient (Wildman–Crippen LogP) is 2.98. The topological polar surface area (TPSA) is 90.6 Å². The highest BCUT2D eigenvalue weighted by molar-refractivity contribution is 6.05. The number of aromatic nitrogens is 6. The van der Waals surface area contributed by atoms with Gasteiger partial charge in [-0.05, 0) is 24.6 Å². The number of nitrogens with zero attached hydrogens (tertiary/aromatic N) is 5. The van der Waals surface area contributed by atoms with Gasteiger partial charge in [0.2, 0.25) is 0 Å². The zero-order valence-electron chi connectivity index (χ0n) is 16.2. The van der Waals surface area contributed by atoms with E-state index in [0.29, 0.717) is 5.75 Å². The van der Waals surface area contributed by atoms with Crippen LogP contribution in [0.2, 0.25) is 0 Å². The van der Waals surface area contributed by atoms with Crippen molar-refractivity contribution in [3.63, 3.8) is 0 Å². The molecule has 0 aliphatic heterocycles. The molecular formula is C21H18N6O2. The van der Waals surface area contributed by atoms with Crippen LogP contribution in [0.4, 0.5) is 0 Å². The van der Waals surface area contributed by atoms with E-state index >= 15 is 0 Å². The van der Waals surface area contributed by atoms with Gasteiger partial charge in [0.1, 0.15) is 5.75 Å². The summed E-state index contributed by atoms with van der Waals surface area (Å²) in [5.74, 6) is 0.690. The Bertz CT molecular complexity index is 1430. The molecule has 8 heteroatoms. The highest BCUT2D eigenvalue weighted by Gasteiger charge is 2.19. The number of hydrogen-bond donors (Lipinski definition) is 1. The fraction of sp³-hybridized carbons (Fsp3) is 0.143. The van der Waals surface area contributed by atoms with Gasteiger partial charge in [-0.3, -0.25) is 24.2 Å². The molecule has 0 unspecified atom stereocenters. The maximum absolute atomic E-state index is 13.2. The average molecular weight is 386 g/mol. The summed E-state index contributed by atoms with van der Waals surface area (Å²) in [6.45, 7) is 1.94. The minimum atomic E-state index is -0.135. The van der Waals surface area contributed by atoms with Gasteiger partial charge in [-0.2, -0.15) is 5.10 Å². The molecule has 0 saturated heterocycles. The van der Waals surface area contributed by atoms with Crippen LogP contribution in [0.3, 0.4) is 0 Å². The van der Waals surface area contributed by atoms with Crippen molar-refractivity contribution in [3.8, 4) is 22.6 Å². The number of benzene rings is 1. The molecule has 0 amide bonds. The second-order valence-electron chi connectivity index (χ2n) is 6.89. The maximum atomic E-state index is 13.2. The summed E-state index contributed by atoms with van der Waals surface area (Å²) in [6, 6.07) is 5.74. The molecule has 4 aromatic heterocycles. The van der Waals surface area contributed by atoms with Gasteiger partial charge in [-0.1, -0.05) is 0 Å². The van der Waals surface area contributed by atoms with Crippen LogP contribution in [0.1, 0.15) is 5.56 Å². The Balaban J connectivity index is 1.97. The second-order valence-corrected chi connectivity index (χ2v) is 6.89. The molecule has 5 rings (SSSR count). The Morgan fingerprint density at radius 1 is 1.17 bits per heavy atom. The third kappa shape index (κ3) is 2.46. The number of aromatic amines is 1. The maximum Gasteiger partial charge on any atom is 0.333 e. The molecule has 0 bridgehead atoms. The number of rotatable bonds is 3. The number of nitrogens with one attached hydrogen (secondary N) is 1. The van der Waals surface area contributed by atoms with Gasteiger partial charge >= 0.3 is 5.69 Å². The van der Waals surface area contributed by atoms with Crippen LogP contribution < -0.4 is 10.4 Å². The van der Waals surface area contributed by atoms with Crippen LogP contribution in [-0.4, -0.2) is 36.4 Å². The van der Waals surface area contributed by atoms with E-state index in [-0.39, 0.29) is 5.69 Å². The minimum absolute atomic E-state index is 0.135. The molecule has 0 spiro atoms. The number of H-pyrrole nitrogens is 1. The summed E-state index contributed by atoms with van der Waals surface area (Å²) in [5, 5.41) is 7.74. The van der Waals surface area contributed by atoms with Gasteiger partial charge in [-0.15, -0.1) is 0 Å². The van der Waals surface area contributed by atoms with E-state index in [1.807, 2.05) is 31.3 Å². The quantitative estimate of drug-likeness (QED) is 0.515. The van der Waals surface area contributed by atoms with Crippen LogP contribution in [0.15, 0.2) is 54.0 Å². The average Bonchev–Trinajstić information content (AvgIpc) is 3.35. The number of ether oxygens (including phenoxy) is 1. The molecule has 1 N–H and O–H groups in total. The van der Waals surface area contributed by atoms with Crippen LogP contribution in [0.5, 0.6) is 5.75 Å². The number of aryl methyl sites for hydroxylation is 2. The van der Waals surface area contributed by atoms with E-state index in [0.717, 1.165) is 44.3 Å². The molecule has 0 aliphatic carbocycles. The van der Waals surface area contributed by atoms with Gasteiger partial charge < -0.3 is 4.74 Å². The Labute approximate surface area is 165 Å². The van der Waals surface area contributed by atoms with Gasteiger partial charge in [0.05, 0.1) is 41.7 Å². The summed E-state index contributed by atoms with van der Waals surface area (Å²) >= 11 is 0. The fourth-order valence-electron chi connectivity index (χ4n) is 3.76. The molecule has 8 nitrogen and oxygen atoms in total. The fourth-order valence-corrected chi connectivity index (χ4v) is 3.76. The lowest BCUT2D eigenvalue weighted by molar-refractivity contribution is 0.417. The first-order chi connectivity index (χ1) is 14.1. The second kappa shape index (κ2) is 6.30. The van der Waals surface area contributed by atoms with E-state index < -0.39 is 0 Å². The largest absolute Gasteiger partial charge is 0.496 e. The Morgan fingerprint density at radius 2 is 2.03 bits per heavy atom. The first-order valence-corrected chi connectivity index (χ1v) is 9.08. The van der Waals surface area contributed by atoms with Crippen molar-refractivity contribution in [1.29, 1.82) is 0 Å². The lowest BCUT2D eigenvalue weighted by Gasteiger charge is -2.11. The monoisotopic (exact) mass is 386 g/mol. The molecule has 144 valence electrons. The van der Waals surface area contributed by atoms with E-state index in [1.54, 1.807) is 48.1 Å². The molecule has 5 aromatic rings. The third-order valence-electron chi connectivity index (χ3n) is 5.25. The summed E-state index contributed by atoms with van der Waals surface area (Å²) in [6.07, 6.45) is 8.72. The molecule has 1 aromatic carbocycles. The molecule has 0 atom stereocenters. The Morgan fingerprint density at radius 3 is 2.76 bits per heavy atom. The lowest BCUT2D eigenvalue weighted by atomic mass is 10.0. The first kappa shape index (κ1) is 17.2. The van der Waals surface area contributed by atoms with Crippen LogP contribution in [0.25, 0.3) is 38.8 Å². The highest BCUT2D eigenvalue weighted by Crippen LogP contribution is 2.36. The summed E-state index contributed by atoms with van der Waals surface area (Å²) in [7, 11) is 3.38. The van der Waals surface area contributed by atoms with E-state index in [4.69, 9.17) is 4.74 Å². The van der Waals surface area contributed by atoms with Gasteiger partial charge in [0, 0.05) is 48.2 Å². The molecular weight excluding hydrogens is 368 g/mol. The first-order valence-electron chi connectivity index (χ1n) is 9.08. The third-order valence-corrected chi connectivity index (χ3v) is 5.25. The van der Waals surface area contributed by atoms with Crippen LogP contribution >= 0.6 is 0 Å². The van der Waals surface area contributed by atoms with Crippen molar-refractivity contribution in [2.45, 2.75) is 6.92 Å². The molecule has 4 heterocycles. The number of fused-ring (bicyclic) bond motifs is 3. The number of methoxy groups -OCH3 is 1. The summed E-state index contributed by atoms with van der Waals surface area (Å²) in [4.78, 5) is 21.9. The standard InChI is InChI=1S/C21H18N6O2/c1-12-8-22-5-4-17(12)27-20-15-6-14(13-9-24-25-10-13)19(29-3)7-16(15)23-11-18(20)26(2)21(27)28/h4-11H,1-3H3,(H,24,25). The predicted molar refractivity (Wildman–Crippen MR) is 110 cm³/mol. The number of imidazole rings is 1.